The van der Waals surface area contributed by atoms with E-state index in [1.807, 2.05) is 12.1 Å². The van der Waals surface area contributed by atoms with Crippen LogP contribution in [0.3, 0.4) is 0 Å². The number of aromatic nitrogens is 2. The molecule has 0 aromatic carbocycles. The third kappa shape index (κ3) is 2.74. The Morgan fingerprint density at radius 1 is 1.45 bits per heavy atom. The summed E-state index contributed by atoms with van der Waals surface area (Å²) in [6.45, 7) is 0. The first-order valence-corrected chi connectivity index (χ1v) is 7.60. The standard InChI is InChI=1S/C14H13BrClN3O/c15-10-6-8(7-17-14(10)16)18-11-2-1-3-12-9(11)4-5-13(20)19-12/h4-7,11,18H,1-3H2,(H,19,20). The van der Waals surface area contributed by atoms with Gasteiger partial charge in [-0.05, 0) is 52.9 Å². The lowest BCUT2D eigenvalue weighted by Crippen LogP contribution is -2.21. The van der Waals surface area contributed by atoms with Gasteiger partial charge in [-0.25, -0.2) is 4.98 Å². The number of hydrogen-bond acceptors (Lipinski definition) is 3. The monoisotopic (exact) mass is 353 g/mol. The van der Waals surface area contributed by atoms with E-state index in [2.05, 4.69) is 31.2 Å². The van der Waals surface area contributed by atoms with Gasteiger partial charge in [0.1, 0.15) is 5.15 Å². The number of aryl methyl sites for hydroxylation is 1. The molecule has 1 aliphatic carbocycles. The van der Waals surface area contributed by atoms with Crippen molar-refractivity contribution in [1.82, 2.24) is 9.97 Å². The largest absolute Gasteiger partial charge is 0.377 e. The summed E-state index contributed by atoms with van der Waals surface area (Å²) in [4.78, 5) is 18.4. The van der Waals surface area contributed by atoms with Gasteiger partial charge >= 0.3 is 0 Å². The molecule has 0 fully saturated rings. The Labute approximate surface area is 129 Å². The van der Waals surface area contributed by atoms with Crippen LogP contribution in [0.5, 0.6) is 0 Å². The number of halogens is 2. The summed E-state index contributed by atoms with van der Waals surface area (Å²) in [5.41, 5.74) is 3.05. The molecule has 0 saturated heterocycles. The third-order valence-electron chi connectivity index (χ3n) is 3.47. The van der Waals surface area contributed by atoms with Gasteiger partial charge in [-0.15, -0.1) is 0 Å². The van der Waals surface area contributed by atoms with Crippen LogP contribution in [0.1, 0.15) is 30.1 Å². The molecule has 2 heterocycles. The van der Waals surface area contributed by atoms with E-state index in [0.29, 0.717) is 5.15 Å². The molecular weight excluding hydrogens is 342 g/mol. The van der Waals surface area contributed by atoms with Crippen molar-refractivity contribution in [2.24, 2.45) is 0 Å². The molecule has 4 nitrogen and oxygen atoms in total. The second-order valence-electron chi connectivity index (χ2n) is 4.84. The summed E-state index contributed by atoms with van der Waals surface area (Å²) in [7, 11) is 0. The highest BCUT2D eigenvalue weighted by Crippen LogP contribution is 2.32. The number of pyridine rings is 2. The number of rotatable bonds is 2. The van der Waals surface area contributed by atoms with Crippen LogP contribution in [0, 0.1) is 0 Å². The van der Waals surface area contributed by atoms with Crippen LogP contribution in [0.25, 0.3) is 0 Å². The molecule has 104 valence electrons. The van der Waals surface area contributed by atoms with E-state index in [9.17, 15) is 4.79 Å². The predicted molar refractivity (Wildman–Crippen MR) is 83.3 cm³/mol. The summed E-state index contributed by atoms with van der Waals surface area (Å²) >= 11 is 9.27. The average Bonchev–Trinajstić information content (AvgIpc) is 2.43. The van der Waals surface area contributed by atoms with Crippen molar-refractivity contribution in [1.29, 1.82) is 0 Å². The molecule has 1 aliphatic rings. The van der Waals surface area contributed by atoms with Gasteiger partial charge in [0.2, 0.25) is 5.56 Å². The van der Waals surface area contributed by atoms with E-state index < -0.39 is 0 Å². The molecule has 3 rings (SSSR count). The van der Waals surface area contributed by atoms with Crippen molar-refractivity contribution in [2.75, 3.05) is 5.32 Å². The second-order valence-corrected chi connectivity index (χ2v) is 6.05. The molecule has 2 N–H and O–H groups in total. The molecular formula is C14H13BrClN3O. The molecule has 20 heavy (non-hydrogen) atoms. The van der Waals surface area contributed by atoms with Crippen molar-refractivity contribution in [3.05, 3.63) is 55.6 Å². The SMILES string of the molecule is O=c1ccc2c([nH]1)CCCC2Nc1cnc(Cl)c(Br)c1. The molecule has 0 aliphatic heterocycles. The Hall–Kier alpha value is -1.33. The van der Waals surface area contributed by atoms with Crippen molar-refractivity contribution in [3.63, 3.8) is 0 Å². The van der Waals surface area contributed by atoms with Gasteiger partial charge in [0, 0.05) is 11.8 Å². The molecule has 0 bridgehead atoms. The summed E-state index contributed by atoms with van der Waals surface area (Å²) in [6, 6.07) is 5.58. The summed E-state index contributed by atoms with van der Waals surface area (Å²) in [6.07, 6.45) is 4.71. The van der Waals surface area contributed by atoms with Gasteiger partial charge in [-0.1, -0.05) is 11.6 Å². The number of anilines is 1. The van der Waals surface area contributed by atoms with Gasteiger partial charge in [0.05, 0.1) is 22.4 Å². The van der Waals surface area contributed by atoms with Gasteiger partial charge in [0.15, 0.2) is 0 Å². The van der Waals surface area contributed by atoms with Crippen LogP contribution in [0.2, 0.25) is 5.15 Å². The lowest BCUT2D eigenvalue weighted by molar-refractivity contribution is 0.586. The highest BCUT2D eigenvalue weighted by atomic mass is 79.9. The Balaban J connectivity index is 1.89. The van der Waals surface area contributed by atoms with E-state index >= 15 is 0 Å². The molecule has 0 saturated carbocycles. The van der Waals surface area contributed by atoms with Crippen LogP contribution in [-0.2, 0) is 6.42 Å². The maximum absolute atomic E-state index is 11.4. The van der Waals surface area contributed by atoms with Gasteiger partial charge < -0.3 is 10.3 Å². The molecule has 0 amide bonds. The van der Waals surface area contributed by atoms with Crippen molar-refractivity contribution < 1.29 is 0 Å². The van der Waals surface area contributed by atoms with E-state index in [0.717, 1.165) is 40.7 Å². The Morgan fingerprint density at radius 3 is 3.10 bits per heavy atom. The highest BCUT2D eigenvalue weighted by molar-refractivity contribution is 9.10. The highest BCUT2D eigenvalue weighted by Gasteiger charge is 2.20. The zero-order valence-electron chi connectivity index (χ0n) is 10.6. The summed E-state index contributed by atoms with van der Waals surface area (Å²) in [5, 5.41) is 3.90. The lowest BCUT2D eigenvalue weighted by Gasteiger charge is -2.26. The quantitative estimate of drug-likeness (QED) is 0.809. The minimum absolute atomic E-state index is 0.0414. The maximum atomic E-state index is 11.4. The Bertz CT molecular complexity index is 701. The molecule has 2 aromatic heterocycles. The van der Waals surface area contributed by atoms with Gasteiger partial charge in [0.25, 0.3) is 0 Å². The fourth-order valence-corrected chi connectivity index (χ4v) is 3.00. The van der Waals surface area contributed by atoms with Crippen molar-refractivity contribution in [2.45, 2.75) is 25.3 Å². The predicted octanol–water partition coefficient (Wildman–Crippen LogP) is 3.68. The lowest BCUT2D eigenvalue weighted by atomic mass is 9.91. The van der Waals surface area contributed by atoms with E-state index in [1.165, 1.54) is 0 Å². The van der Waals surface area contributed by atoms with Crippen LogP contribution < -0.4 is 10.9 Å². The van der Waals surface area contributed by atoms with Crippen LogP contribution in [0.15, 0.2) is 33.7 Å². The first kappa shape index (κ1) is 13.6. The fourth-order valence-electron chi connectivity index (χ4n) is 2.55. The Morgan fingerprint density at radius 2 is 2.30 bits per heavy atom. The van der Waals surface area contributed by atoms with E-state index in [4.69, 9.17) is 11.6 Å². The number of aromatic amines is 1. The molecule has 1 unspecified atom stereocenters. The van der Waals surface area contributed by atoms with Crippen LogP contribution >= 0.6 is 27.5 Å². The number of nitrogens with zero attached hydrogens (tertiary/aromatic N) is 1. The second kappa shape index (κ2) is 5.58. The molecule has 0 spiro atoms. The smallest absolute Gasteiger partial charge is 0.248 e. The molecule has 0 radical (unpaired) electrons. The summed E-state index contributed by atoms with van der Waals surface area (Å²) < 4.78 is 0.765. The Kier molecular flexibility index (Phi) is 3.81. The third-order valence-corrected chi connectivity index (χ3v) is 4.60. The zero-order valence-corrected chi connectivity index (χ0v) is 13.0. The average molecular weight is 355 g/mol. The van der Waals surface area contributed by atoms with E-state index in [-0.39, 0.29) is 11.6 Å². The van der Waals surface area contributed by atoms with Crippen molar-refractivity contribution in [3.8, 4) is 0 Å². The minimum Gasteiger partial charge on any atom is -0.377 e. The van der Waals surface area contributed by atoms with Gasteiger partial charge in [-0.2, -0.15) is 0 Å². The van der Waals surface area contributed by atoms with E-state index in [1.54, 1.807) is 12.3 Å². The number of fused-ring (bicyclic) bond motifs is 1. The number of H-pyrrole nitrogens is 1. The molecule has 1 atom stereocenters. The minimum atomic E-state index is -0.0414. The maximum Gasteiger partial charge on any atom is 0.248 e. The zero-order chi connectivity index (χ0) is 14.1. The normalized spacial score (nSPS) is 17.6. The van der Waals surface area contributed by atoms with Crippen molar-refractivity contribution >= 4 is 33.2 Å². The molecule has 2 aromatic rings. The van der Waals surface area contributed by atoms with Crippen LogP contribution in [0.4, 0.5) is 5.69 Å². The number of hydrogen-bond donors (Lipinski definition) is 2. The van der Waals surface area contributed by atoms with Crippen LogP contribution in [-0.4, -0.2) is 9.97 Å². The first-order chi connectivity index (χ1) is 9.63. The topological polar surface area (TPSA) is 57.8 Å². The number of nitrogens with one attached hydrogen (secondary N) is 2. The molecule has 6 heteroatoms. The fraction of sp³-hybridized carbons (Fsp3) is 0.286. The van der Waals surface area contributed by atoms with Gasteiger partial charge in [-0.3, -0.25) is 4.79 Å². The first-order valence-electron chi connectivity index (χ1n) is 6.43. The summed E-state index contributed by atoms with van der Waals surface area (Å²) in [5.74, 6) is 0.